The molecule has 0 bridgehead atoms. The van der Waals surface area contributed by atoms with Crippen LogP contribution in [0.15, 0.2) is 27.4 Å². The summed E-state index contributed by atoms with van der Waals surface area (Å²) < 4.78 is 10.9. The van der Waals surface area contributed by atoms with Crippen molar-refractivity contribution >= 4 is 0 Å². The van der Waals surface area contributed by atoms with E-state index in [9.17, 15) is 9.90 Å². The van der Waals surface area contributed by atoms with Crippen molar-refractivity contribution in [2.45, 2.75) is 45.1 Å². The molecule has 0 aliphatic heterocycles. The van der Waals surface area contributed by atoms with Gasteiger partial charge in [-0.05, 0) is 30.6 Å². The first-order chi connectivity index (χ1) is 10.7. The minimum atomic E-state index is -0.481. The van der Waals surface area contributed by atoms with E-state index in [1.165, 1.54) is 32.8 Å². The molecule has 2 aliphatic carbocycles. The number of ether oxygens (including phenoxy) is 1. The van der Waals surface area contributed by atoms with Gasteiger partial charge in [-0.3, -0.25) is 0 Å². The van der Waals surface area contributed by atoms with Crippen molar-refractivity contribution in [2.75, 3.05) is 7.11 Å². The standard InChI is InChI=1S/C18H24O4/c1-11-7-8-12-5-3-4-6-13(12)17(11)16-9-15(21-2)14(10-19)18(20)22-16/h7-9,11-13,17,19H,3-6,10H2,1-2H3/t11-,12-,13-,17+/m0/s1. The molecule has 1 fully saturated rings. The lowest BCUT2D eigenvalue weighted by Gasteiger charge is -2.40. The molecule has 0 saturated heterocycles. The molecule has 0 unspecified atom stereocenters. The molecule has 0 radical (unpaired) electrons. The molecule has 1 saturated carbocycles. The minimum Gasteiger partial charge on any atom is -0.496 e. The van der Waals surface area contributed by atoms with Crippen molar-refractivity contribution in [3.05, 3.63) is 40.0 Å². The third-order valence-corrected chi connectivity index (χ3v) is 5.30. The van der Waals surface area contributed by atoms with Crippen molar-refractivity contribution in [1.29, 1.82) is 0 Å². The smallest absolute Gasteiger partial charge is 0.345 e. The van der Waals surface area contributed by atoms with Gasteiger partial charge in [0.15, 0.2) is 0 Å². The Morgan fingerprint density at radius 3 is 2.82 bits per heavy atom. The summed E-state index contributed by atoms with van der Waals surface area (Å²) >= 11 is 0. The monoisotopic (exact) mass is 304 g/mol. The maximum Gasteiger partial charge on any atom is 0.345 e. The predicted octanol–water partition coefficient (Wildman–Crippen LogP) is 3.24. The molecule has 0 amide bonds. The Bertz CT molecular complexity index is 616. The van der Waals surface area contributed by atoms with E-state index in [2.05, 4.69) is 19.1 Å². The summed E-state index contributed by atoms with van der Waals surface area (Å²) in [4.78, 5) is 12.1. The van der Waals surface area contributed by atoms with Gasteiger partial charge in [0, 0.05) is 12.0 Å². The van der Waals surface area contributed by atoms with Crippen LogP contribution in [0.3, 0.4) is 0 Å². The Labute approximate surface area is 130 Å². The number of aliphatic hydroxyl groups is 1. The Balaban J connectivity index is 2.03. The highest BCUT2D eigenvalue weighted by molar-refractivity contribution is 5.33. The molecule has 0 aromatic carbocycles. The van der Waals surface area contributed by atoms with Gasteiger partial charge >= 0.3 is 5.63 Å². The quantitative estimate of drug-likeness (QED) is 0.871. The zero-order valence-corrected chi connectivity index (χ0v) is 13.2. The van der Waals surface area contributed by atoms with Crippen molar-refractivity contribution in [1.82, 2.24) is 0 Å². The van der Waals surface area contributed by atoms with Crippen LogP contribution in [-0.2, 0) is 6.61 Å². The van der Waals surface area contributed by atoms with E-state index in [1.54, 1.807) is 6.07 Å². The Hall–Kier alpha value is -1.55. The van der Waals surface area contributed by atoms with Gasteiger partial charge in [-0.2, -0.15) is 0 Å². The van der Waals surface area contributed by atoms with Gasteiger partial charge in [-0.1, -0.05) is 31.9 Å². The average molecular weight is 304 g/mol. The normalized spacial score (nSPS) is 30.9. The number of aliphatic hydroxyl groups excluding tert-OH is 1. The second kappa shape index (κ2) is 6.29. The molecule has 1 heterocycles. The summed E-state index contributed by atoms with van der Waals surface area (Å²) in [6.07, 6.45) is 9.53. The highest BCUT2D eigenvalue weighted by Crippen LogP contribution is 2.48. The van der Waals surface area contributed by atoms with E-state index in [1.807, 2.05) is 0 Å². The molecular weight excluding hydrogens is 280 g/mol. The van der Waals surface area contributed by atoms with Gasteiger partial charge in [0.25, 0.3) is 0 Å². The summed E-state index contributed by atoms with van der Waals surface area (Å²) in [6.45, 7) is 1.82. The zero-order chi connectivity index (χ0) is 15.7. The fourth-order valence-corrected chi connectivity index (χ4v) is 4.17. The van der Waals surface area contributed by atoms with E-state index in [-0.39, 0.29) is 18.1 Å². The first-order valence-corrected chi connectivity index (χ1v) is 8.15. The van der Waals surface area contributed by atoms with E-state index < -0.39 is 5.63 Å². The highest BCUT2D eigenvalue weighted by Gasteiger charge is 2.38. The fourth-order valence-electron chi connectivity index (χ4n) is 4.17. The third-order valence-electron chi connectivity index (χ3n) is 5.30. The van der Waals surface area contributed by atoms with Crippen LogP contribution < -0.4 is 10.4 Å². The van der Waals surface area contributed by atoms with E-state index in [0.717, 1.165) is 0 Å². The van der Waals surface area contributed by atoms with E-state index >= 15 is 0 Å². The molecule has 4 atom stereocenters. The van der Waals surface area contributed by atoms with Gasteiger partial charge < -0.3 is 14.3 Å². The summed E-state index contributed by atoms with van der Waals surface area (Å²) in [6, 6.07) is 1.80. The molecule has 0 spiro atoms. The van der Waals surface area contributed by atoms with Gasteiger partial charge in [0.2, 0.25) is 0 Å². The molecule has 22 heavy (non-hydrogen) atoms. The molecule has 1 aromatic heterocycles. The second-order valence-electron chi connectivity index (χ2n) is 6.52. The van der Waals surface area contributed by atoms with Gasteiger partial charge in [0.05, 0.1) is 13.7 Å². The molecule has 4 nitrogen and oxygen atoms in total. The number of allylic oxidation sites excluding steroid dienone is 2. The van der Waals surface area contributed by atoms with Crippen molar-refractivity contribution < 1.29 is 14.3 Å². The SMILES string of the molecule is COc1cc([C@H]2[C@H]3CCCC[C@H]3C=C[C@@H]2C)oc(=O)c1CO. The molecular formula is C18H24O4. The van der Waals surface area contributed by atoms with Crippen LogP contribution >= 0.6 is 0 Å². The topological polar surface area (TPSA) is 59.7 Å². The van der Waals surface area contributed by atoms with E-state index in [4.69, 9.17) is 9.15 Å². The molecule has 1 N–H and O–H groups in total. The molecule has 1 aromatic rings. The molecule has 120 valence electrons. The maximum atomic E-state index is 12.1. The Morgan fingerprint density at radius 2 is 2.09 bits per heavy atom. The number of rotatable bonds is 3. The lowest BCUT2D eigenvalue weighted by Crippen LogP contribution is -2.31. The number of hydrogen-bond acceptors (Lipinski definition) is 4. The van der Waals surface area contributed by atoms with Crippen LogP contribution in [0.1, 0.15) is 49.8 Å². The van der Waals surface area contributed by atoms with Gasteiger partial charge in [-0.15, -0.1) is 0 Å². The van der Waals surface area contributed by atoms with Crippen LogP contribution in [0.4, 0.5) is 0 Å². The highest BCUT2D eigenvalue weighted by atomic mass is 16.5. The minimum absolute atomic E-state index is 0.199. The van der Waals surface area contributed by atoms with Crippen molar-refractivity contribution in [3.8, 4) is 5.75 Å². The van der Waals surface area contributed by atoms with Gasteiger partial charge in [0.1, 0.15) is 17.1 Å². The Kier molecular flexibility index (Phi) is 4.39. The van der Waals surface area contributed by atoms with Crippen LogP contribution in [0.2, 0.25) is 0 Å². The molecule has 4 heteroatoms. The molecule has 2 aliphatic rings. The number of hydrogen-bond donors (Lipinski definition) is 1. The summed E-state index contributed by atoms with van der Waals surface area (Å²) in [5.74, 6) is 2.80. The lowest BCUT2D eigenvalue weighted by atomic mass is 9.64. The van der Waals surface area contributed by atoms with Crippen molar-refractivity contribution in [2.24, 2.45) is 17.8 Å². The van der Waals surface area contributed by atoms with Crippen molar-refractivity contribution in [3.63, 3.8) is 0 Å². The average Bonchev–Trinajstić information content (AvgIpc) is 2.53. The number of fused-ring (bicyclic) bond motifs is 1. The van der Waals surface area contributed by atoms with Crippen LogP contribution in [0.5, 0.6) is 5.75 Å². The second-order valence-corrected chi connectivity index (χ2v) is 6.52. The number of methoxy groups -OCH3 is 1. The summed E-state index contributed by atoms with van der Waals surface area (Å²) in [5, 5.41) is 9.32. The first kappa shape index (κ1) is 15.3. The van der Waals surface area contributed by atoms with Gasteiger partial charge in [-0.25, -0.2) is 4.79 Å². The van der Waals surface area contributed by atoms with Crippen LogP contribution in [0.25, 0.3) is 0 Å². The summed E-state index contributed by atoms with van der Waals surface area (Å²) in [5.41, 5.74) is -0.281. The lowest BCUT2D eigenvalue weighted by molar-refractivity contribution is 0.177. The Morgan fingerprint density at radius 1 is 1.32 bits per heavy atom. The predicted molar refractivity (Wildman–Crippen MR) is 83.9 cm³/mol. The van der Waals surface area contributed by atoms with Crippen LogP contribution in [0, 0.1) is 17.8 Å². The van der Waals surface area contributed by atoms with E-state index in [0.29, 0.717) is 29.3 Å². The maximum absolute atomic E-state index is 12.1. The zero-order valence-electron chi connectivity index (χ0n) is 13.2. The fraction of sp³-hybridized carbons (Fsp3) is 0.611. The molecule has 3 rings (SSSR count). The first-order valence-electron chi connectivity index (χ1n) is 8.15. The largest absolute Gasteiger partial charge is 0.496 e. The van der Waals surface area contributed by atoms with Crippen LogP contribution in [-0.4, -0.2) is 12.2 Å². The summed E-state index contributed by atoms with van der Waals surface area (Å²) in [7, 11) is 1.52. The third kappa shape index (κ3) is 2.60.